The average molecular weight is 426 g/mol. The number of carbonyl (C=O) groups is 2. The van der Waals surface area contributed by atoms with E-state index in [-0.39, 0.29) is 12.0 Å². The van der Waals surface area contributed by atoms with Crippen LogP contribution in [0.25, 0.3) is 0 Å². The second-order valence-corrected chi connectivity index (χ2v) is 8.48. The second kappa shape index (κ2) is 9.37. The summed E-state index contributed by atoms with van der Waals surface area (Å²) in [5, 5.41) is 5.77. The molecule has 0 bridgehead atoms. The fourth-order valence-corrected chi connectivity index (χ4v) is 3.23. The first-order valence-corrected chi connectivity index (χ1v) is 9.76. The first kappa shape index (κ1) is 20.7. The third kappa shape index (κ3) is 7.33. The monoisotopic (exact) mass is 425 g/mol. The van der Waals surface area contributed by atoms with Crippen LogP contribution in [-0.2, 0) is 9.53 Å². The van der Waals surface area contributed by atoms with Crippen LogP contribution in [0.5, 0.6) is 0 Å². The number of nitrogens with one attached hydrogen (secondary N) is 2. The van der Waals surface area contributed by atoms with Crippen molar-refractivity contribution in [1.82, 2.24) is 10.2 Å². The molecule has 6 nitrogen and oxygen atoms in total. The van der Waals surface area contributed by atoms with Crippen molar-refractivity contribution in [3.8, 4) is 0 Å². The maximum Gasteiger partial charge on any atom is 0.407 e. The number of alkyl carbamates (subject to hydrolysis) is 1. The van der Waals surface area contributed by atoms with Crippen LogP contribution in [0.1, 0.15) is 33.6 Å². The van der Waals surface area contributed by atoms with Crippen molar-refractivity contribution in [3.05, 3.63) is 28.7 Å². The smallest absolute Gasteiger partial charge is 0.407 e. The van der Waals surface area contributed by atoms with Crippen molar-refractivity contribution in [1.29, 1.82) is 0 Å². The van der Waals surface area contributed by atoms with Crippen LogP contribution in [-0.4, -0.2) is 48.7 Å². The molecule has 1 saturated heterocycles. The molecular weight excluding hydrogens is 398 g/mol. The Balaban J connectivity index is 1.67. The van der Waals surface area contributed by atoms with Gasteiger partial charge < -0.3 is 15.4 Å². The lowest BCUT2D eigenvalue weighted by Gasteiger charge is -2.31. The van der Waals surface area contributed by atoms with Crippen molar-refractivity contribution in [2.24, 2.45) is 5.92 Å². The SMILES string of the molecule is CC(C)(C)OC(=O)NCC1CCN(CC(=O)Nc2ccccc2Br)CC1. The molecule has 7 heteroatoms. The molecule has 0 aliphatic carbocycles. The third-order valence-corrected chi connectivity index (χ3v) is 4.85. The van der Waals surface area contributed by atoms with Gasteiger partial charge in [-0.2, -0.15) is 0 Å². The number of benzene rings is 1. The largest absolute Gasteiger partial charge is 0.444 e. The molecule has 1 fully saturated rings. The number of rotatable bonds is 5. The lowest BCUT2D eigenvalue weighted by molar-refractivity contribution is -0.117. The van der Waals surface area contributed by atoms with Crippen LogP contribution >= 0.6 is 15.9 Å². The Morgan fingerprint density at radius 1 is 1.23 bits per heavy atom. The number of likely N-dealkylation sites (tertiary alicyclic amines) is 1. The van der Waals surface area contributed by atoms with Gasteiger partial charge in [-0.15, -0.1) is 0 Å². The van der Waals surface area contributed by atoms with Crippen LogP contribution in [0.15, 0.2) is 28.7 Å². The zero-order chi connectivity index (χ0) is 19.2. The zero-order valence-electron chi connectivity index (χ0n) is 15.7. The number of anilines is 1. The van der Waals surface area contributed by atoms with Crippen molar-refractivity contribution >= 4 is 33.6 Å². The molecule has 0 atom stereocenters. The standard InChI is InChI=1S/C19H28BrN3O3/c1-19(2,3)26-18(25)21-12-14-8-10-23(11-9-14)13-17(24)22-16-7-5-4-6-15(16)20/h4-7,14H,8-13H2,1-3H3,(H,21,25)(H,22,24). The maximum absolute atomic E-state index is 12.2. The summed E-state index contributed by atoms with van der Waals surface area (Å²) in [6.07, 6.45) is 1.55. The summed E-state index contributed by atoms with van der Waals surface area (Å²) in [4.78, 5) is 26.1. The molecule has 0 radical (unpaired) electrons. The van der Waals surface area contributed by atoms with Gasteiger partial charge in [-0.25, -0.2) is 4.79 Å². The van der Waals surface area contributed by atoms with Gasteiger partial charge in [-0.3, -0.25) is 9.69 Å². The van der Waals surface area contributed by atoms with Gasteiger partial charge >= 0.3 is 6.09 Å². The molecule has 1 aromatic carbocycles. The van der Waals surface area contributed by atoms with Crippen LogP contribution in [0.2, 0.25) is 0 Å². The number of hydrogen-bond donors (Lipinski definition) is 2. The molecular formula is C19H28BrN3O3. The number of amides is 2. The number of carbonyl (C=O) groups excluding carboxylic acids is 2. The van der Waals surface area contributed by atoms with Crippen LogP contribution in [0.3, 0.4) is 0 Å². The molecule has 1 heterocycles. The topological polar surface area (TPSA) is 70.7 Å². The highest BCUT2D eigenvalue weighted by atomic mass is 79.9. The van der Waals surface area contributed by atoms with Gasteiger partial charge in [-0.1, -0.05) is 12.1 Å². The van der Waals surface area contributed by atoms with Gasteiger partial charge in [0.2, 0.25) is 5.91 Å². The molecule has 26 heavy (non-hydrogen) atoms. The van der Waals surface area contributed by atoms with Gasteiger partial charge in [0, 0.05) is 11.0 Å². The Kier molecular flexibility index (Phi) is 7.46. The molecule has 0 spiro atoms. The summed E-state index contributed by atoms with van der Waals surface area (Å²) in [6.45, 7) is 8.26. The molecule has 0 unspecified atom stereocenters. The molecule has 1 aromatic rings. The Hall–Kier alpha value is -1.60. The minimum absolute atomic E-state index is 0.0118. The van der Waals surface area contributed by atoms with E-state index in [1.165, 1.54) is 0 Å². The highest BCUT2D eigenvalue weighted by molar-refractivity contribution is 9.10. The first-order chi connectivity index (χ1) is 12.2. The fraction of sp³-hybridized carbons (Fsp3) is 0.579. The number of halogens is 1. The number of para-hydroxylation sites is 1. The number of nitrogens with zero attached hydrogens (tertiary/aromatic N) is 1. The van der Waals surface area contributed by atoms with Gasteiger partial charge in [0.15, 0.2) is 0 Å². The quantitative estimate of drug-likeness (QED) is 0.755. The molecule has 0 saturated carbocycles. The van der Waals surface area contributed by atoms with E-state index in [1.807, 2.05) is 45.0 Å². The first-order valence-electron chi connectivity index (χ1n) is 8.96. The third-order valence-electron chi connectivity index (χ3n) is 4.16. The Bertz CT molecular complexity index is 623. The molecule has 1 aliphatic heterocycles. The van der Waals surface area contributed by atoms with E-state index in [0.29, 0.717) is 19.0 Å². The number of piperidine rings is 1. The Morgan fingerprint density at radius 2 is 1.88 bits per heavy atom. The number of ether oxygens (including phenoxy) is 1. The molecule has 2 N–H and O–H groups in total. The predicted molar refractivity (Wildman–Crippen MR) is 106 cm³/mol. The van der Waals surface area contributed by atoms with E-state index in [4.69, 9.17) is 4.74 Å². The van der Waals surface area contributed by atoms with Gasteiger partial charge in [0.1, 0.15) is 5.60 Å². The molecule has 2 rings (SSSR count). The molecule has 1 aliphatic rings. The highest BCUT2D eigenvalue weighted by Crippen LogP contribution is 2.21. The summed E-state index contributed by atoms with van der Waals surface area (Å²) in [5.74, 6) is 0.410. The summed E-state index contributed by atoms with van der Waals surface area (Å²) < 4.78 is 6.13. The lowest BCUT2D eigenvalue weighted by atomic mass is 9.97. The van der Waals surface area contributed by atoms with E-state index in [9.17, 15) is 9.59 Å². The van der Waals surface area contributed by atoms with Crippen molar-refractivity contribution in [2.45, 2.75) is 39.2 Å². The molecule has 2 amide bonds. The van der Waals surface area contributed by atoms with Gasteiger partial charge in [0.25, 0.3) is 0 Å². The van der Waals surface area contributed by atoms with E-state index >= 15 is 0 Å². The van der Waals surface area contributed by atoms with Crippen LogP contribution in [0.4, 0.5) is 10.5 Å². The van der Waals surface area contributed by atoms with Crippen LogP contribution in [0, 0.1) is 5.92 Å². The predicted octanol–water partition coefficient (Wildman–Crippen LogP) is 3.62. The van der Waals surface area contributed by atoms with E-state index in [2.05, 4.69) is 31.5 Å². The Morgan fingerprint density at radius 3 is 2.50 bits per heavy atom. The van der Waals surface area contributed by atoms with Crippen molar-refractivity contribution in [2.75, 3.05) is 31.5 Å². The lowest BCUT2D eigenvalue weighted by Crippen LogP contribution is -2.42. The minimum atomic E-state index is -0.478. The summed E-state index contributed by atoms with van der Waals surface area (Å²) in [5.41, 5.74) is 0.308. The van der Waals surface area contributed by atoms with E-state index in [1.54, 1.807) is 0 Å². The van der Waals surface area contributed by atoms with Crippen LogP contribution < -0.4 is 10.6 Å². The second-order valence-electron chi connectivity index (χ2n) is 7.63. The van der Waals surface area contributed by atoms with Gasteiger partial charge in [-0.05, 0) is 80.7 Å². The van der Waals surface area contributed by atoms with E-state index in [0.717, 1.165) is 36.1 Å². The van der Waals surface area contributed by atoms with Gasteiger partial charge in [0.05, 0.1) is 12.2 Å². The normalized spacial score (nSPS) is 16.2. The molecule has 0 aromatic heterocycles. The Labute approximate surface area is 163 Å². The summed E-state index contributed by atoms with van der Waals surface area (Å²) >= 11 is 3.43. The zero-order valence-corrected chi connectivity index (χ0v) is 17.3. The maximum atomic E-state index is 12.2. The van der Waals surface area contributed by atoms with Crippen molar-refractivity contribution in [3.63, 3.8) is 0 Å². The highest BCUT2D eigenvalue weighted by Gasteiger charge is 2.22. The van der Waals surface area contributed by atoms with Crippen molar-refractivity contribution < 1.29 is 14.3 Å². The fourth-order valence-electron chi connectivity index (χ4n) is 2.85. The average Bonchev–Trinajstić information content (AvgIpc) is 2.55. The number of hydrogen-bond acceptors (Lipinski definition) is 4. The summed E-state index contributed by atoms with van der Waals surface area (Å²) in [7, 11) is 0. The minimum Gasteiger partial charge on any atom is -0.444 e. The summed E-state index contributed by atoms with van der Waals surface area (Å²) in [6, 6.07) is 7.58. The van der Waals surface area contributed by atoms with E-state index < -0.39 is 5.60 Å². The molecule has 144 valence electrons.